The first-order valence-electron chi connectivity index (χ1n) is 6.02. The van der Waals surface area contributed by atoms with E-state index >= 15 is 0 Å². The molecule has 19 heavy (non-hydrogen) atoms. The van der Waals surface area contributed by atoms with Gasteiger partial charge in [-0.05, 0) is 30.7 Å². The number of hydrogen-bond acceptors (Lipinski definition) is 4. The lowest BCUT2D eigenvalue weighted by molar-refractivity contribution is 0.628. The molecule has 5 heteroatoms. The Hall–Kier alpha value is -2.01. The molecule has 0 amide bonds. The van der Waals surface area contributed by atoms with Crippen LogP contribution in [-0.2, 0) is 0 Å². The summed E-state index contributed by atoms with van der Waals surface area (Å²) in [6.07, 6.45) is 1.56. The Kier molecular flexibility index (Phi) is 3.13. The van der Waals surface area contributed by atoms with Gasteiger partial charge in [-0.25, -0.2) is 14.4 Å². The van der Waals surface area contributed by atoms with Crippen LogP contribution in [0.4, 0.5) is 10.2 Å². The van der Waals surface area contributed by atoms with Crippen molar-refractivity contribution < 1.29 is 4.39 Å². The molecule has 0 unspecified atom stereocenters. The quantitative estimate of drug-likeness (QED) is 0.785. The Balaban J connectivity index is 2.11. The predicted octanol–water partition coefficient (Wildman–Crippen LogP) is 3.93. The Labute approximate surface area is 114 Å². The van der Waals surface area contributed by atoms with Gasteiger partial charge in [-0.1, -0.05) is 12.1 Å². The normalized spacial score (nSPS) is 10.8. The zero-order valence-electron chi connectivity index (χ0n) is 10.4. The van der Waals surface area contributed by atoms with E-state index in [0.29, 0.717) is 0 Å². The topological polar surface area (TPSA) is 37.8 Å². The highest BCUT2D eigenvalue weighted by atomic mass is 32.1. The van der Waals surface area contributed by atoms with E-state index < -0.39 is 0 Å². The van der Waals surface area contributed by atoms with Gasteiger partial charge in [0, 0.05) is 11.4 Å². The second-order valence-electron chi connectivity index (χ2n) is 4.08. The SMILES string of the molecule is CCNc1ncnc2cc(-c3ccc(F)cc3)sc12. The zero-order valence-corrected chi connectivity index (χ0v) is 11.2. The molecule has 0 radical (unpaired) electrons. The van der Waals surface area contributed by atoms with Crippen molar-refractivity contribution in [3.63, 3.8) is 0 Å². The number of fused-ring (bicyclic) bond motifs is 1. The number of rotatable bonds is 3. The van der Waals surface area contributed by atoms with E-state index in [0.717, 1.165) is 33.0 Å². The van der Waals surface area contributed by atoms with Crippen molar-refractivity contribution in [3.05, 3.63) is 42.5 Å². The molecular weight excluding hydrogens is 261 g/mol. The van der Waals surface area contributed by atoms with Gasteiger partial charge in [0.15, 0.2) is 0 Å². The van der Waals surface area contributed by atoms with Gasteiger partial charge >= 0.3 is 0 Å². The van der Waals surface area contributed by atoms with Crippen molar-refractivity contribution in [2.24, 2.45) is 0 Å². The van der Waals surface area contributed by atoms with Gasteiger partial charge in [-0.15, -0.1) is 11.3 Å². The van der Waals surface area contributed by atoms with Gasteiger partial charge in [-0.3, -0.25) is 0 Å². The molecule has 0 aliphatic heterocycles. The fourth-order valence-electron chi connectivity index (χ4n) is 1.90. The van der Waals surface area contributed by atoms with Crippen LogP contribution in [0.25, 0.3) is 20.7 Å². The van der Waals surface area contributed by atoms with Crippen LogP contribution in [0, 0.1) is 5.82 Å². The Bertz CT molecular complexity index is 706. The molecule has 0 bridgehead atoms. The minimum absolute atomic E-state index is 0.224. The van der Waals surface area contributed by atoms with Gasteiger partial charge < -0.3 is 5.32 Å². The number of hydrogen-bond donors (Lipinski definition) is 1. The fourth-order valence-corrected chi connectivity index (χ4v) is 2.99. The zero-order chi connectivity index (χ0) is 13.2. The molecule has 3 rings (SSSR count). The van der Waals surface area contributed by atoms with Crippen LogP contribution in [0.1, 0.15) is 6.92 Å². The summed E-state index contributed by atoms with van der Waals surface area (Å²) in [7, 11) is 0. The van der Waals surface area contributed by atoms with Gasteiger partial charge in [0.05, 0.1) is 10.2 Å². The lowest BCUT2D eigenvalue weighted by atomic mass is 10.2. The van der Waals surface area contributed by atoms with Gasteiger partial charge in [0.1, 0.15) is 18.0 Å². The molecule has 0 aliphatic carbocycles. The van der Waals surface area contributed by atoms with Crippen molar-refractivity contribution in [1.29, 1.82) is 0 Å². The average molecular weight is 273 g/mol. The highest BCUT2D eigenvalue weighted by Crippen LogP contribution is 2.35. The van der Waals surface area contributed by atoms with Crippen LogP contribution in [0.5, 0.6) is 0 Å². The van der Waals surface area contributed by atoms with Crippen molar-refractivity contribution in [1.82, 2.24) is 9.97 Å². The summed E-state index contributed by atoms with van der Waals surface area (Å²) in [5.74, 6) is 0.629. The number of thiophene rings is 1. The standard InChI is InChI=1S/C14H12FN3S/c1-2-16-14-13-11(17-8-18-14)7-12(19-13)9-3-5-10(15)6-4-9/h3-8H,2H2,1H3,(H,16,17,18). The fraction of sp³-hybridized carbons (Fsp3) is 0.143. The summed E-state index contributed by atoms with van der Waals surface area (Å²) < 4.78 is 14.0. The van der Waals surface area contributed by atoms with Crippen molar-refractivity contribution in [3.8, 4) is 10.4 Å². The maximum Gasteiger partial charge on any atom is 0.147 e. The van der Waals surface area contributed by atoms with E-state index in [-0.39, 0.29) is 5.82 Å². The molecule has 3 nitrogen and oxygen atoms in total. The second kappa shape index (κ2) is 4.93. The maximum absolute atomic E-state index is 12.9. The van der Waals surface area contributed by atoms with E-state index in [4.69, 9.17) is 0 Å². The van der Waals surface area contributed by atoms with Crippen LogP contribution in [-0.4, -0.2) is 16.5 Å². The monoisotopic (exact) mass is 273 g/mol. The summed E-state index contributed by atoms with van der Waals surface area (Å²) in [5.41, 5.74) is 1.90. The van der Waals surface area contributed by atoms with Gasteiger partial charge in [-0.2, -0.15) is 0 Å². The molecule has 3 aromatic rings. The number of anilines is 1. The highest BCUT2D eigenvalue weighted by Gasteiger charge is 2.09. The largest absolute Gasteiger partial charge is 0.369 e. The van der Waals surface area contributed by atoms with Crippen LogP contribution in [0.2, 0.25) is 0 Å². The van der Waals surface area contributed by atoms with Gasteiger partial charge in [0.2, 0.25) is 0 Å². The third-order valence-corrected chi connectivity index (χ3v) is 3.96. The molecule has 96 valence electrons. The van der Waals surface area contributed by atoms with Crippen molar-refractivity contribution >= 4 is 27.4 Å². The molecule has 2 aromatic heterocycles. The third kappa shape index (κ3) is 2.29. The molecule has 0 atom stereocenters. The number of nitrogens with zero attached hydrogens (tertiary/aromatic N) is 2. The van der Waals surface area contributed by atoms with E-state index in [1.807, 2.05) is 13.0 Å². The lowest BCUT2D eigenvalue weighted by Crippen LogP contribution is -1.98. The molecular formula is C14H12FN3S. The Morgan fingerprint density at radius 2 is 2.00 bits per heavy atom. The van der Waals surface area contributed by atoms with E-state index in [2.05, 4.69) is 15.3 Å². The lowest BCUT2D eigenvalue weighted by Gasteiger charge is -2.01. The molecule has 2 heterocycles. The molecule has 0 saturated heterocycles. The smallest absolute Gasteiger partial charge is 0.147 e. The van der Waals surface area contributed by atoms with Gasteiger partial charge in [0.25, 0.3) is 0 Å². The number of nitrogens with one attached hydrogen (secondary N) is 1. The first kappa shape index (κ1) is 12.0. The first-order valence-corrected chi connectivity index (χ1v) is 6.84. The minimum atomic E-state index is -0.224. The summed E-state index contributed by atoms with van der Waals surface area (Å²) in [4.78, 5) is 9.58. The number of halogens is 1. The molecule has 0 aliphatic rings. The summed E-state index contributed by atoms with van der Waals surface area (Å²) in [6, 6.07) is 8.50. The van der Waals surface area contributed by atoms with Crippen molar-refractivity contribution in [2.75, 3.05) is 11.9 Å². The molecule has 1 N–H and O–H groups in total. The van der Waals surface area contributed by atoms with Crippen LogP contribution in [0.3, 0.4) is 0 Å². The highest BCUT2D eigenvalue weighted by molar-refractivity contribution is 7.22. The Morgan fingerprint density at radius 3 is 2.74 bits per heavy atom. The summed E-state index contributed by atoms with van der Waals surface area (Å²) in [6.45, 7) is 2.85. The maximum atomic E-state index is 12.9. The minimum Gasteiger partial charge on any atom is -0.369 e. The Morgan fingerprint density at radius 1 is 1.21 bits per heavy atom. The van der Waals surface area contributed by atoms with E-state index in [1.165, 1.54) is 12.1 Å². The number of benzene rings is 1. The van der Waals surface area contributed by atoms with Crippen LogP contribution >= 0.6 is 11.3 Å². The molecule has 0 saturated carbocycles. The van der Waals surface area contributed by atoms with E-state index in [9.17, 15) is 4.39 Å². The number of aromatic nitrogens is 2. The van der Waals surface area contributed by atoms with Crippen LogP contribution in [0.15, 0.2) is 36.7 Å². The summed E-state index contributed by atoms with van der Waals surface area (Å²) in [5, 5.41) is 3.22. The van der Waals surface area contributed by atoms with Crippen LogP contribution < -0.4 is 5.32 Å². The van der Waals surface area contributed by atoms with E-state index in [1.54, 1.807) is 29.8 Å². The third-order valence-electron chi connectivity index (χ3n) is 2.78. The second-order valence-corrected chi connectivity index (χ2v) is 5.14. The summed E-state index contributed by atoms with van der Waals surface area (Å²) >= 11 is 1.61. The molecule has 0 spiro atoms. The van der Waals surface area contributed by atoms with Crippen molar-refractivity contribution in [2.45, 2.75) is 6.92 Å². The molecule has 0 fully saturated rings. The molecule has 1 aromatic carbocycles. The first-order chi connectivity index (χ1) is 9.28. The average Bonchev–Trinajstić information content (AvgIpc) is 2.85. The predicted molar refractivity (Wildman–Crippen MR) is 77.0 cm³/mol.